The van der Waals surface area contributed by atoms with Gasteiger partial charge in [-0.25, -0.2) is 0 Å². The third-order valence-electron chi connectivity index (χ3n) is 1.88. The van der Waals surface area contributed by atoms with E-state index in [2.05, 4.69) is 5.32 Å². The Labute approximate surface area is 65.7 Å². The number of hydrogen-bond donors (Lipinski definition) is 1. The Morgan fingerprint density at radius 3 is 3.20 bits per heavy atom. The van der Waals surface area contributed by atoms with E-state index < -0.39 is 0 Å². The van der Waals surface area contributed by atoms with Crippen molar-refractivity contribution in [3.05, 3.63) is 6.23 Å². The number of rotatable bonds is 1. The lowest BCUT2D eigenvalue weighted by Crippen LogP contribution is -2.23. The van der Waals surface area contributed by atoms with E-state index in [-0.39, 0.29) is 0 Å². The molecule has 0 aromatic rings. The molecule has 2 aliphatic heterocycles. The first-order valence-corrected chi connectivity index (χ1v) is 4.87. The highest BCUT2D eigenvalue weighted by molar-refractivity contribution is 8.00. The number of thioether (sulfide) groups is 1. The van der Waals surface area contributed by atoms with Gasteiger partial charge in [0.05, 0.1) is 11.9 Å². The van der Waals surface area contributed by atoms with Crippen molar-refractivity contribution in [1.29, 1.82) is 0 Å². The van der Waals surface area contributed by atoms with Crippen LogP contribution in [0.25, 0.3) is 0 Å². The molecule has 3 heteroatoms. The second-order valence-corrected chi connectivity index (χ2v) is 3.95. The Hall–Kier alpha value is 0.270. The van der Waals surface area contributed by atoms with Crippen LogP contribution in [0.1, 0.15) is 12.8 Å². The number of ether oxygens (including phenoxy) is 1. The Morgan fingerprint density at radius 2 is 2.60 bits per heavy atom. The number of nitrogens with one attached hydrogen (secondary N) is 1. The Kier molecular flexibility index (Phi) is 2.16. The first-order chi connectivity index (χ1) is 4.97. The third-order valence-corrected chi connectivity index (χ3v) is 3.26. The predicted octanol–water partition coefficient (Wildman–Crippen LogP) is 0.991. The Bertz CT molecular complexity index is 94.2. The molecule has 0 bridgehead atoms. The lowest BCUT2D eigenvalue weighted by Gasteiger charge is -2.13. The van der Waals surface area contributed by atoms with E-state index in [4.69, 9.17) is 4.74 Å². The molecule has 2 rings (SSSR count). The van der Waals surface area contributed by atoms with Crippen LogP contribution in [0, 0.1) is 6.23 Å². The van der Waals surface area contributed by atoms with Gasteiger partial charge < -0.3 is 4.74 Å². The number of hydrogen-bond acceptors (Lipinski definition) is 3. The van der Waals surface area contributed by atoms with E-state index in [0.717, 1.165) is 19.4 Å². The van der Waals surface area contributed by atoms with Gasteiger partial charge in [0.15, 0.2) is 6.23 Å². The molecule has 1 N–H and O–H groups in total. The van der Waals surface area contributed by atoms with Crippen molar-refractivity contribution in [1.82, 2.24) is 5.32 Å². The summed E-state index contributed by atoms with van der Waals surface area (Å²) in [4.78, 5) is 0. The van der Waals surface area contributed by atoms with Crippen LogP contribution < -0.4 is 5.32 Å². The molecule has 2 nitrogen and oxygen atoms in total. The quantitative estimate of drug-likeness (QED) is 0.615. The van der Waals surface area contributed by atoms with E-state index >= 15 is 0 Å². The fourth-order valence-electron chi connectivity index (χ4n) is 1.38. The highest BCUT2D eigenvalue weighted by Crippen LogP contribution is 2.33. The van der Waals surface area contributed by atoms with E-state index in [1.54, 1.807) is 0 Å². The molecule has 0 amide bonds. The molecule has 0 saturated carbocycles. The van der Waals surface area contributed by atoms with Gasteiger partial charge in [-0.3, -0.25) is 5.32 Å². The first-order valence-electron chi connectivity index (χ1n) is 3.82. The van der Waals surface area contributed by atoms with E-state index in [1.165, 1.54) is 18.6 Å². The van der Waals surface area contributed by atoms with Crippen molar-refractivity contribution >= 4 is 11.8 Å². The van der Waals surface area contributed by atoms with Crippen LogP contribution in [0.15, 0.2) is 0 Å². The van der Waals surface area contributed by atoms with E-state index in [9.17, 15) is 0 Å². The summed E-state index contributed by atoms with van der Waals surface area (Å²) in [5, 5.41) is 3.93. The van der Waals surface area contributed by atoms with Crippen molar-refractivity contribution in [3.8, 4) is 0 Å². The summed E-state index contributed by atoms with van der Waals surface area (Å²) in [6.45, 7) is 1.87. The molecule has 1 unspecified atom stereocenters. The van der Waals surface area contributed by atoms with Crippen LogP contribution in [0.2, 0.25) is 0 Å². The predicted molar refractivity (Wildman–Crippen MR) is 42.7 cm³/mol. The van der Waals surface area contributed by atoms with Crippen LogP contribution in [0.3, 0.4) is 0 Å². The molecular weight excluding hydrogens is 146 g/mol. The van der Waals surface area contributed by atoms with Crippen LogP contribution in [0.5, 0.6) is 0 Å². The zero-order valence-corrected chi connectivity index (χ0v) is 6.75. The van der Waals surface area contributed by atoms with Gasteiger partial charge in [-0.2, -0.15) is 11.8 Å². The van der Waals surface area contributed by atoms with Crippen LogP contribution in [0.4, 0.5) is 0 Å². The summed E-state index contributed by atoms with van der Waals surface area (Å²) < 4.78 is 5.42. The van der Waals surface area contributed by atoms with E-state index in [0.29, 0.717) is 5.25 Å². The van der Waals surface area contributed by atoms with Crippen molar-refractivity contribution in [2.24, 2.45) is 0 Å². The van der Waals surface area contributed by atoms with E-state index in [1.807, 2.05) is 11.8 Å². The largest absolute Gasteiger partial charge is 0.353 e. The summed E-state index contributed by atoms with van der Waals surface area (Å²) in [7, 11) is 0. The fourth-order valence-corrected chi connectivity index (χ4v) is 2.63. The minimum absolute atomic E-state index is 0.655. The second-order valence-electron chi connectivity index (χ2n) is 2.64. The van der Waals surface area contributed by atoms with Gasteiger partial charge in [0.25, 0.3) is 0 Å². The summed E-state index contributed by atoms with van der Waals surface area (Å²) >= 11 is 2.02. The molecule has 1 radical (unpaired) electrons. The van der Waals surface area contributed by atoms with Gasteiger partial charge in [0.1, 0.15) is 0 Å². The van der Waals surface area contributed by atoms with Gasteiger partial charge in [0, 0.05) is 6.54 Å². The van der Waals surface area contributed by atoms with Gasteiger partial charge >= 0.3 is 0 Å². The van der Waals surface area contributed by atoms with Crippen molar-refractivity contribution in [3.63, 3.8) is 0 Å². The van der Waals surface area contributed by atoms with Gasteiger partial charge in [0.2, 0.25) is 0 Å². The molecular formula is C7H12NOS. The monoisotopic (exact) mass is 158 g/mol. The maximum Gasteiger partial charge on any atom is 0.175 e. The molecule has 2 fully saturated rings. The standard InChI is InChI=1S/C7H12NOS/c1-2-6(10-5-1)7-8-3-4-9-7/h6,8H,1-5H2. The topological polar surface area (TPSA) is 21.3 Å². The van der Waals surface area contributed by atoms with Gasteiger partial charge in [-0.15, -0.1) is 0 Å². The summed E-state index contributed by atoms with van der Waals surface area (Å²) in [6, 6.07) is 0. The zero-order valence-electron chi connectivity index (χ0n) is 5.93. The molecule has 0 aromatic heterocycles. The van der Waals surface area contributed by atoms with Crippen LogP contribution >= 0.6 is 11.8 Å². The Balaban J connectivity index is 1.85. The molecule has 2 saturated heterocycles. The summed E-state index contributed by atoms with van der Waals surface area (Å²) in [5.41, 5.74) is 0. The fraction of sp³-hybridized carbons (Fsp3) is 0.857. The zero-order chi connectivity index (χ0) is 6.81. The minimum Gasteiger partial charge on any atom is -0.353 e. The molecule has 10 heavy (non-hydrogen) atoms. The maximum absolute atomic E-state index is 5.42. The average Bonchev–Trinajstić information content (AvgIpc) is 2.59. The second kappa shape index (κ2) is 3.11. The van der Waals surface area contributed by atoms with Crippen molar-refractivity contribution in [2.75, 3.05) is 18.9 Å². The highest BCUT2D eigenvalue weighted by atomic mass is 32.2. The lowest BCUT2D eigenvalue weighted by molar-refractivity contribution is 0.188. The smallest absolute Gasteiger partial charge is 0.175 e. The van der Waals surface area contributed by atoms with Crippen molar-refractivity contribution in [2.45, 2.75) is 18.1 Å². The van der Waals surface area contributed by atoms with Crippen LogP contribution in [-0.4, -0.2) is 24.2 Å². The minimum atomic E-state index is 0.655. The SMILES string of the molecule is C1CSC([C]2NCCO2)C1. The van der Waals surface area contributed by atoms with Crippen LogP contribution in [-0.2, 0) is 4.74 Å². The van der Waals surface area contributed by atoms with Gasteiger partial charge in [-0.1, -0.05) is 0 Å². The first kappa shape index (κ1) is 6.95. The molecule has 1 atom stereocenters. The van der Waals surface area contributed by atoms with Crippen molar-refractivity contribution < 1.29 is 4.74 Å². The molecule has 0 spiro atoms. The average molecular weight is 158 g/mol. The third kappa shape index (κ3) is 1.31. The molecule has 0 aromatic carbocycles. The normalized spacial score (nSPS) is 35.4. The van der Waals surface area contributed by atoms with Gasteiger partial charge in [-0.05, 0) is 18.6 Å². The molecule has 57 valence electrons. The molecule has 0 aliphatic carbocycles. The maximum atomic E-state index is 5.42. The molecule has 2 aliphatic rings. The summed E-state index contributed by atoms with van der Waals surface area (Å²) in [6.07, 6.45) is 3.79. The highest BCUT2D eigenvalue weighted by Gasteiger charge is 2.29. The summed E-state index contributed by atoms with van der Waals surface area (Å²) in [5.74, 6) is 1.30. The lowest BCUT2D eigenvalue weighted by atomic mass is 10.2. The Morgan fingerprint density at radius 1 is 1.60 bits per heavy atom. The molecule has 2 heterocycles.